The van der Waals surface area contributed by atoms with Gasteiger partial charge in [-0.05, 0) is 44.3 Å². The highest BCUT2D eigenvalue weighted by atomic mass is 16.5. The molecule has 3 nitrogen and oxygen atoms in total. The molecule has 0 radical (unpaired) electrons. The molecule has 0 aromatic heterocycles. The molecule has 20 heavy (non-hydrogen) atoms. The van der Waals surface area contributed by atoms with E-state index < -0.39 is 0 Å². The minimum Gasteiger partial charge on any atom is -0.492 e. The molecule has 110 valence electrons. The fraction of sp³-hybridized carbons (Fsp3) is 0.529. The van der Waals surface area contributed by atoms with Crippen LogP contribution in [0.5, 0.6) is 5.75 Å². The Balaban J connectivity index is 2.24. The number of ether oxygens (including phenoxy) is 1. The maximum Gasteiger partial charge on any atom is 0.119 e. The molecule has 0 amide bonds. The summed E-state index contributed by atoms with van der Waals surface area (Å²) in [6, 6.07) is 7.83. The van der Waals surface area contributed by atoms with Crippen LogP contribution in [-0.4, -0.2) is 38.2 Å². The van der Waals surface area contributed by atoms with E-state index in [-0.39, 0.29) is 0 Å². The summed E-state index contributed by atoms with van der Waals surface area (Å²) in [5.74, 6) is 6.73. The normalized spacial score (nSPS) is 10.2. The molecular weight excluding hydrogens is 248 g/mol. The molecule has 0 heterocycles. The van der Waals surface area contributed by atoms with Crippen LogP contribution in [0.15, 0.2) is 24.3 Å². The van der Waals surface area contributed by atoms with E-state index in [0.717, 1.165) is 31.0 Å². The molecule has 1 rings (SSSR count). The van der Waals surface area contributed by atoms with Crippen molar-refractivity contribution in [2.75, 3.05) is 33.3 Å². The second kappa shape index (κ2) is 10.3. The minimum atomic E-state index is 0.391. The van der Waals surface area contributed by atoms with Gasteiger partial charge >= 0.3 is 0 Å². The van der Waals surface area contributed by atoms with Crippen LogP contribution >= 0.6 is 0 Å². The van der Waals surface area contributed by atoms with E-state index in [2.05, 4.69) is 30.7 Å². The van der Waals surface area contributed by atoms with Gasteiger partial charge in [0, 0.05) is 12.1 Å². The Morgan fingerprint density at radius 3 is 2.55 bits per heavy atom. The Morgan fingerprint density at radius 1 is 1.15 bits per heavy atom. The van der Waals surface area contributed by atoms with Crippen molar-refractivity contribution in [3.05, 3.63) is 29.8 Å². The van der Waals surface area contributed by atoms with Gasteiger partial charge in [-0.15, -0.1) is 0 Å². The van der Waals surface area contributed by atoms with Gasteiger partial charge in [0.05, 0.1) is 6.54 Å². The molecule has 0 aliphatic rings. The van der Waals surface area contributed by atoms with Crippen molar-refractivity contribution in [1.29, 1.82) is 0 Å². The number of benzene rings is 1. The lowest BCUT2D eigenvalue weighted by molar-refractivity contribution is 0.235. The zero-order chi connectivity index (χ0) is 14.6. The first-order valence-corrected chi connectivity index (χ1v) is 7.36. The number of rotatable bonds is 8. The molecule has 0 fully saturated rings. The van der Waals surface area contributed by atoms with Crippen LogP contribution in [0.4, 0.5) is 0 Å². The molecular formula is C17H26N2O. The molecule has 2 N–H and O–H groups in total. The summed E-state index contributed by atoms with van der Waals surface area (Å²) in [4.78, 5) is 2.32. The van der Waals surface area contributed by atoms with Crippen LogP contribution in [0, 0.1) is 11.8 Å². The van der Waals surface area contributed by atoms with E-state index in [1.54, 1.807) is 0 Å². The maximum atomic E-state index is 5.73. The highest BCUT2D eigenvalue weighted by molar-refractivity contribution is 5.38. The molecule has 0 spiro atoms. The first-order chi connectivity index (χ1) is 9.76. The van der Waals surface area contributed by atoms with Crippen molar-refractivity contribution >= 4 is 0 Å². The summed E-state index contributed by atoms with van der Waals surface area (Å²) in [5, 5.41) is 0. The van der Waals surface area contributed by atoms with E-state index in [1.807, 2.05) is 24.3 Å². The molecule has 0 aliphatic carbocycles. The van der Waals surface area contributed by atoms with Crippen LogP contribution < -0.4 is 10.5 Å². The van der Waals surface area contributed by atoms with Crippen molar-refractivity contribution < 1.29 is 4.74 Å². The third-order valence-electron chi connectivity index (χ3n) is 3.07. The summed E-state index contributed by atoms with van der Waals surface area (Å²) in [6.45, 7) is 5.44. The van der Waals surface area contributed by atoms with Gasteiger partial charge < -0.3 is 15.4 Å². The number of nitrogens with zero attached hydrogens (tertiary/aromatic N) is 1. The molecule has 0 saturated heterocycles. The van der Waals surface area contributed by atoms with Crippen LogP contribution in [0.25, 0.3) is 0 Å². The molecule has 0 unspecified atom stereocenters. The predicted molar refractivity (Wildman–Crippen MR) is 84.9 cm³/mol. The number of hydrogen-bond donors (Lipinski definition) is 1. The second-order valence-corrected chi connectivity index (χ2v) is 4.89. The standard InChI is InChI=1S/C17H26N2O/c1-3-4-5-13-19(2)14-15-20-17-10-8-16(9-11-17)7-6-12-18/h8-11H,3-5,12-15,18H2,1-2H3. The van der Waals surface area contributed by atoms with Gasteiger partial charge in [-0.25, -0.2) is 0 Å². The van der Waals surface area contributed by atoms with E-state index >= 15 is 0 Å². The molecule has 0 aliphatic heterocycles. The summed E-state index contributed by atoms with van der Waals surface area (Å²) in [7, 11) is 2.14. The molecule has 0 bridgehead atoms. The summed E-state index contributed by atoms with van der Waals surface area (Å²) >= 11 is 0. The van der Waals surface area contributed by atoms with Crippen molar-refractivity contribution in [2.24, 2.45) is 5.73 Å². The average Bonchev–Trinajstić information content (AvgIpc) is 2.47. The lowest BCUT2D eigenvalue weighted by atomic mass is 10.2. The number of hydrogen-bond acceptors (Lipinski definition) is 3. The average molecular weight is 274 g/mol. The van der Waals surface area contributed by atoms with Gasteiger partial charge in [0.25, 0.3) is 0 Å². The van der Waals surface area contributed by atoms with Crippen molar-refractivity contribution in [2.45, 2.75) is 26.2 Å². The Kier molecular flexibility index (Phi) is 8.53. The fourth-order valence-electron chi connectivity index (χ4n) is 1.85. The molecule has 0 atom stereocenters. The van der Waals surface area contributed by atoms with Crippen LogP contribution in [0.1, 0.15) is 31.7 Å². The number of nitrogens with two attached hydrogens (primary N) is 1. The first-order valence-electron chi connectivity index (χ1n) is 7.36. The summed E-state index contributed by atoms with van der Waals surface area (Å²) in [6.07, 6.45) is 3.84. The van der Waals surface area contributed by atoms with Crippen LogP contribution in [0.3, 0.4) is 0 Å². The third kappa shape index (κ3) is 7.18. The SMILES string of the molecule is CCCCCN(C)CCOc1ccc(C#CCN)cc1. The van der Waals surface area contributed by atoms with Crippen LogP contribution in [0.2, 0.25) is 0 Å². The van der Waals surface area contributed by atoms with Gasteiger partial charge in [0.1, 0.15) is 12.4 Å². The van der Waals surface area contributed by atoms with Crippen molar-refractivity contribution in [3.8, 4) is 17.6 Å². The van der Waals surface area contributed by atoms with Crippen LogP contribution in [-0.2, 0) is 0 Å². The van der Waals surface area contributed by atoms with Crippen molar-refractivity contribution in [3.63, 3.8) is 0 Å². The van der Waals surface area contributed by atoms with Gasteiger partial charge in [-0.3, -0.25) is 0 Å². The summed E-state index contributed by atoms with van der Waals surface area (Å²) in [5.41, 5.74) is 6.31. The lowest BCUT2D eigenvalue weighted by Crippen LogP contribution is -2.25. The molecule has 1 aromatic rings. The quantitative estimate of drug-likeness (QED) is 0.585. The minimum absolute atomic E-state index is 0.391. The number of unbranched alkanes of at least 4 members (excludes halogenated alkanes) is 2. The van der Waals surface area contributed by atoms with Gasteiger partial charge in [0.15, 0.2) is 0 Å². The Labute approximate surface area is 123 Å². The van der Waals surface area contributed by atoms with E-state index in [1.165, 1.54) is 19.3 Å². The topological polar surface area (TPSA) is 38.5 Å². The highest BCUT2D eigenvalue weighted by Crippen LogP contribution is 2.11. The zero-order valence-electron chi connectivity index (χ0n) is 12.7. The third-order valence-corrected chi connectivity index (χ3v) is 3.07. The van der Waals surface area contributed by atoms with E-state index in [9.17, 15) is 0 Å². The molecule has 3 heteroatoms. The van der Waals surface area contributed by atoms with Gasteiger partial charge in [0.2, 0.25) is 0 Å². The number of likely N-dealkylation sites (N-methyl/N-ethyl adjacent to an activating group) is 1. The fourth-order valence-corrected chi connectivity index (χ4v) is 1.85. The molecule has 0 saturated carbocycles. The first kappa shape index (κ1) is 16.6. The Bertz CT molecular complexity index is 417. The highest BCUT2D eigenvalue weighted by Gasteiger charge is 1.99. The second-order valence-electron chi connectivity index (χ2n) is 4.89. The predicted octanol–water partition coefficient (Wildman–Crippen LogP) is 2.50. The lowest BCUT2D eigenvalue weighted by Gasteiger charge is -2.16. The summed E-state index contributed by atoms with van der Waals surface area (Å²) < 4.78 is 5.73. The zero-order valence-corrected chi connectivity index (χ0v) is 12.7. The smallest absolute Gasteiger partial charge is 0.119 e. The largest absolute Gasteiger partial charge is 0.492 e. The van der Waals surface area contributed by atoms with Crippen molar-refractivity contribution in [1.82, 2.24) is 4.90 Å². The van der Waals surface area contributed by atoms with E-state index in [4.69, 9.17) is 10.5 Å². The van der Waals surface area contributed by atoms with Gasteiger partial charge in [-0.1, -0.05) is 31.6 Å². The monoisotopic (exact) mass is 274 g/mol. The Morgan fingerprint density at radius 2 is 1.90 bits per heavy atom. The van der Waals surface area contributed by atoms with E-state index in [0.29, 0.717) is 6.54 Å². The Hall–Kier alpha value is -1.50. The maximum absolute atomic E-state index is 5.73. The molecule has 1 aromatic carbocycles. The van der Waals surface area contributed by atoms with Gasteiger partial charge in [-0.2, -0.15) is 0 Å².